The summed E-state index contributed by atoms with van der Waals surface area (Å²) in [6, 6.07) is 4.61. The highest BCUT2D eigenvalue weighted by Gasteiger charge is 2.05. The maximum absolute atomic E-state index is 4.37. The summed E-state index contributed by atoms with van der Waals surface area (Å²) >= 11 is 0. The minimum atomic E-state index is 0.491. The highest BCUT2D eigenvalue weighted by Crippen LogP contribution is 2.04. The molecule has 2 aromatic rings. The van der Waals surface area contributed by atoms with E-state index in [1.54, 1.807) is 0 Å². The monoisotopic (exact) mass is 247 g/mol. The number of aromatic nitrogens is 4. The average molecular weight is 247 g/mol. The molecule has 0 amide bonds. The molecule has 5 nitrogen and oxygen atoms in total. The first-order valence-electron chi connectivity index (χ1n) is 6.38. The van der Waals surface area contributed by atoms with Crippen molar-refractivity contribution in [2.24, 2.45) is 7.05 Å². The highest BCUT2D eigenvalue weighted by molar-refractivity contribution is 5.03. The summed E-state index contributed by atoms with van der Waals surface area (Å²) in [7, 11) is 1.97. The van der Waals surface area contributed by atoms with Gasteiger partial charge in [0.05, 0.1) is 5.69 Å². The maximum Gasteiger partial charge on any atom is 0.0522 e. The Morgan fingerprint density at radius 1 is 1.17 bits per heavy atom. The molecule has 0 aliphatic heterocycles. The van der Waals surface area contributed by atoms with Gasteiger partial charge in [-0.25, -0.2) is 0 Å². The van der Waals surface area contributed by atoms with E-state index in [0.29, 0.717) is 6.04 Å². The van der Waals surface area contributed by atoms with E-state index < -0.39 is 0 Å². The van der Waals surface area contributed by atoms with Gasteiger partial charge in [0.1, 0.15) is 0 Å². The maximum atomic E-state index is 4.37. The molecule has 5 heteroatoms. The highest BCUT2D eigenvalue weighted by atomic mass is 15.3. The van der Waals surface area contributed by atoms with Crippen LogP contribution in [0.1, 0.15) is 25.2 Å². The third-order valence-corrected chi connectivity index (χ3v) is 3.00. The average Bonchev–Trinajstić information content (AvgIpc) is 2.92. The summed E-state index contributed by atoms with van der Waals surface area (Å²) in [6.07, 6.45) is 4.65. The molecule has 0 spiro atoms. The van der Waals surface area contributed by atoms with Crippen LogP contribution in [0.3, 0.4) is 0 Å². The molecule has 0 saturated carbocycles. The van der Waals surface area contributed by atoms with Gasteiger partial charge >= 0.3 is 0 Å². The minimum absolute atomic E-state index is 0.491. The van der Waals surface area contributed by atoms with Crippen LogP contribution in [0, 0.1) is 0 Å². The molecular formula is C13H21N5. The summed E-state index contributed by atoms with van der Waals surface area (Å²) in [4.78, 5) is 0. The van der Waals surface area contributed by atoms with Crippen molar-refractivity contribution < 1.29 is 0 Å². The van der Waals surface area contributed by atoms with Crippen LogP contribution in [0.2, 0.25) is 0 Å². The lowest BCUT2D eigenvalue weighted by Crippen LogP contribution is -2.24. The van der Waals surface area contributed by atoms with Crippen LogP contribution >= 0.6 is 0 Å². The van der Waals surface area contributed by atoms with Gasteiger partial charge in [-0.1, -0.05) is 13.8 Å². The molecule has 98 valence electrons. The Balaban J connectivity index is 1.93. The normalized spacial score (nSPS) is 11.3. The van der Waals surface area contributed by atoms with Crippen molar-refractivity contribution in [3.63, 3.8) is 0 Å². The molecule has 1 N–H and O–H groups in total. The van der Waals surface area contributed by atoms with Crippen molar-refractivity contribution in [3.8, 4) is 0 Å². The molecule has 2 aromatic heterocycles. The second kappa shape index (κ2) is 5.82. The van der Waals surface area contributed by atoms with Gasteiger partial charge in [0, 0.05) is 50.7 Å². The van der Waals surface area contributed by atoms with Gasteiger partial charge in [-0.15, -0.1) is 0 Å². The molecule has 0 aromatic carbocycles. The Kier molecular flexibility index (Phi) is 4.15. The van der Waals surface area contributed by atoms with Gasteiger partial charge in [-0.3, -0.25) is 9.36 Å². The van der Waals surface area contributed by atoms with Gasteiger partial charge in [0.2, 0.25) is 0 Å². The molecule has 0 saturated heterocycles. The van der Waals surface area contributed by atoms with E-state index in [1.165, 1.54) is 11.4 Å². The fraction of sp³-hybridized carbons (Fsp3) is 0.538. The summed E-state index contributed by atoms with van der Waals surface area (Å²) < 4.78 is 3.97. The zero-order valence-corrected chi connectivity index (χ0v) is 11.3. The standard InChI is InChI=1S/C13H21N5/c1-11(2)14-10-13-5-8-16-18(13)9-6-12-4-7-15-17(12)3/h4-5,7-8,11,14H,6,9-10H2,1-3H3. The number of nitrogens with zero attached hydrogens (tertiary/aromatic N) is 4. The van der Waals surface area contributed by atoms with Crippen LogP contribution in [-0.4, -0.2) is 25.6 Å². The Bertz CT molecular complexity index is 483. The van der Waals surface area contributed by atoms with Crippen LogP contribution in [0.15, 0.2) is 24.5 Å². The first-order valence-corrected chi connectivity index (χ1v) is 6.38. The SMILES string of the molecule is CC(C)NCc1ccnn1CCc1ccnn1C. The van der Waals surface area contributed by atoms with Crippen LogP contribution in [0.4, 0.5) is 0 Å². The minimum Gasteiger partial charge on any atom is -0.309 e. The van der Waals surface area contributed by atoms with E-state index in [2.05, 4.69) is 46.2 Å². The fourth-order valence-corrected chi connectivity index (χ4v) is 1.89. The number of aryl methyl sites for hydroxylation is 3. The van der Waals surface area contributed by atoms with Crippen molar-refractivity contribution in [1.82, 2.24) is 24.9 Å². The molecule has 0 fully saturated rings. The van der Waals surface area contributed by atoms with Gasteiger partial charge < -0.3 is 5.32 Å². The van der Waals surface area contributed by atoms with Crippen molar-refractivity contribution >= 4 is 0 Å². The van der Waals surface area contributed by atoms with E-state index in [0.717, 1.165) is 19.5 Å². The fourth-order valence-electron chi connectivity index (χ4n) is 1.89. The van der Waals surface area contributed by atoms with Gasteiger partial charge in [-0.2, -0.15) is 10.2 Å². The van der Waals surface area contributed by atoms with E-state index in [9.17, 15) is 0 Å². The van der Waals surface area contributed by atoms with Gasteiger partial charge in [0.15, 0.2) is 0 Å². The van der Waals surface area contributed by atoms with E-state index in [4.69, 9.17) is 0 Å². The zero-order chi connectivity index (χ0) is 13.0. The van der Waals surface area contributed by atoms with Crippen molar-refractivity contribution in [2.75, 3.05) is 0 Å². The lowest BCUT2D eigenvalue weighted by molar-refractivity contribution is 0.520. The summed E-state index contributed by atoms with van der Waals surface area (Å²) in [6.45, 7) is 6.05. The Morgan fingerprint density at radius 2 is 1.89 bits per heavy atom. The Labute approximate surface area is 108 Å². The van der Waals surface area contributed by atoms with Crippen molar-refractivity contribution in [1.29, 1.82) is 0 Å². The molecule has 2 heterocycles. The molecule has 0 atom stereocenters. The predicted octanol–water partition coefficient (Wildman–Crippen LogP) is 1.36. The van der Waals surface area contributed by atoms with Crippen LogP contribution in [0.25, 0.3) is 0 Å². The molecule has 0 aliphatic rings. The lowest BCUT2D eigenvalue weighted by atomic mass is 10.3. The van der Waals surface area contributed by atoms with Crippen LogP contribution in [-0.2, 0) is 26.6 Å². The lowest BCUT2D eigenvalue weighted by Gasteiger charge is -2.10. The number of hydrogen-bond donors (Lipinski definition) is 1. The van der Waals surface area contributed by atoms with Crippen LogP contribution in [0.5, 0.6) is 0 Å². The molecule has 0 radical (unpaired) electrons. The summed E-state index contributed by atoms with van der Waals surface area (Å²) in [5.74, 6) is 0. The molecular weight excluding hydrogens is 226 g/mol. The zero-order valence-electron chi connectivity index (χ0n) is 11.3. The summed E-state index contributed by atoms with van der Waals surface area (Å²) in [5, 5.41) is 12.0. The van der Waals surface area contributed by atoms with Crippen molar-refractivity contribution in [2.45, 2.75) is 39.4 Å². The second-order valence-corrected chi connectivity index (χ2v) is 4.78. The van der Waals surface area contributed by atoms with Gasteiger partial charge in [-0.05, 0) is 12.1 Å². The van der Waals surface area contributed by atoms with Crippen LogP contribution < -0.4 is 5.32 Å². The molecule has 0 unspecified atom stereocenters. The topological polar surface area (TPSA) is 47.7 Å². The first kappa shape index (κ1) is 12.8. The third kappa shape index (κ3) is 3.20. The first-order chi connectivity index (χ1) is 8.66. The smallest absolute Gasteiger partial charge is 0.0522 e. The molecule has 0 bridgehead atoms. The third-order valence-electron chi connectivity index (χ3n) is 3.00. The number of nitrogens with one attached hydrogen (secondary N) is 1. The molecule has 2 rings (SSSR count). The van der Waals surface area contributed by atoms with E-state index >= 15 is 0 Å². The Hall–Kier alpha value is -1.62. The molecule has 0 aliphatic carbocycles. The Morgan fingerprint density at radius 3 is 2.56 bits per heavy atom. The second-order valence-electron chi connectivity index (χ2n) is 4.78. The quantitative estimate of drug-likeness (QED) is 0.838. The summed E-state index contributed by atoms with van der Waals surface area (Å²) in [5.41, 5.74) is 2.46. The van der Waals surface area contributed by atoms with E-state index in [-0.39, 0.29) is 0 Å². The van der Waals surface area contributed by atoms with E-state index in [1.807, 2.05) is 24.1 Å². The molecule has 18 heavy (non-hydrogen) atoms. The number of rotatable bonds is 6. The number of hydrogen-bond acceptors (Lipinski definition) is 3. The van der Waals surface area contributed by atoms with Gasteiger partial charge in [0.25, 0.3) is 0 Å². The van der Waals surface area contributed by atoms with Crippen molar-refractivity contribution in [3.05, 3.63) is 35.9 Å². The predicted molar refractivity (Wildman–Crippen MR) is 71.1 cm³/mol. The largest absolute Gasteiger partial charge is 0.309 e.